The SMILES string of the molecule is CC[C@H]1NC(=O)N(c2ccc(Oc3ccc(C#N)cc3C)nc2)C1=O. The Morgan fingerprint density at radius 1 is 1.32 bits per heavy atom. The highest BCUT2D eigenvalue weighted by atomic mass is 16.5. The predicted octanol–water partition coefficient (Wildman–Crippen LogP) is 2.89. The number of hydrogen-bond donors (Lipinski definition) is 1. The van der Waals surface area contributed by atoms with Crippen LogP contribution in [-0.2, 0) is 4.79 Å². The van der Waals surface area contributed by atoms with Gasteiger partial charge in [-0.15, -0.1) is 0 Å². The fraction of sp³-hybridized carbons (Fsp3) is 0.222. The molecule has 1 aliphatic heterocycles. The summed E-state index contributed by atoms with van der Waals surface area (Å²) in [5, 5.41) is 11.5. The number of urea groups is 1. The second-order valence-electron chi connectivity index (χ2n) is 5.63. The first kappa shape index (κ1) is 16.5. The molecule has 0 bridgehead atoms. The molecule has 126 valence electrons. The van der Waals surface area contributed by atoms with E-state index in [4.69, 9.17) is 10.00 Å². The van der Waals surface area contributed by atoms with Gasteiger partial charge >= 0.3 is 6.03 Å². The Bertz CT molecular complexity index is 871. The lowest BCUT2D eigenvalue weighted by molar-refractivity contribution is -0.118. The van der Waals surface area contributed by atoms with Gasteiger partial charge in [-0.3, -0.25) is 4.79 Å². The fourth-order valence-electron chi connectivity index (χ4n) is 2.56. The number of ether oxygens (including phenoxy) is 1. The summed E-state index contributed by atoms with van der Waals surface area (Å²) >= 11 is 0. The van der Waals surface area contributed by atoms with Crippen molar-refractivity contribution < 1.29 is 14.3 Å². The number of rotatable bonds is 4. The van der Waals surface area contributed by atoms with Gasteiger partial charge in [0.2, 0.25) is 5.88 Å². The van der Waals surface area contributed by atoms with Gasteiger partial charge in [0.15, 0.2) is 0 Å². The van der Waals surface area contributed by atoms with Crippen LogP contribution in [-0.4, -0.2) is 23.0 Å². The zero-order valence-electron chi connectivity index (χ0n) is 13.8. The molecule has 0 aliphatic carbocycles. The zero-order valence-corrected chi connectivity index (χ0v) is 13.8. The molecule has 1 aliphatic rings. The van der Waals surface area contributed by atoms with Crippen molar-refractivity contribution in [1.29, 1.82) is 5.26 Å². The van der Waals surface area contributed by atoms with Gasteiger partial charge in [0.25, 0.3) is 5.91 Å². The Kier molecular flexibility index (Phi) is 4.35. The van der Waals surface area contributed by atoms with E-state index in [0.29, 0.717) is 29.3 Å². The number of nitriles is 1. The molecule has 2 aromatic rings. The average molecular weight is 336 g/mol. The molecule has 0 unspecified atom stereocenters. The first-order chi connectivity index (χ1) is 12.0. The smallest absolute Gasteiger partial charge is 0.329 e. The third kappa shape index (κ3) is 3.15. The summed E-state index contributed by atoms with van der Waals surface area (Å²) in [6.07, 6.45) is 1.96. The lowest BCUT2D eigenvalue weighted by Gasteiger charge is -2.13. The van der Waals surface area contributed by atoms with Crippen LogP contribution in [0.5, 0.6) is 11.6 Å². The molecule has 1 atom stereocenters. The third-order valence-corrected chi connectivity index (χ3v) is 3.93. The number of pyridine rings is 1. The Morgan fingerprint density at radius 2 is 2.12 bits per heavy atom. The van der Waals surface area contributed by atoms with Crippen LogP contribution >= 0.6 is 0 Å². The van der Waals surface area contributed by atoms with Crippen molar-refractivity contribution in [2.75, 3.05) is 4.90 Å². The van der Waals surface area contributed by atoms with Gasteiger partial charge in [-0.2, -0.15) is 5.26 Å². The maximum Gasteiger partial charge on any atom is 0.329 e. The summed E-state index contributed by atoms with van der Waals surface area (Å²) in [5.41, 5.74) is 1.75. The van der Waals surface area contributed by atoms with Gasteiger partial charge in [-0.25, -0.2) is 14.7 Å². The van der Waals surface area contributed by atoms with Crippen molar-refractivity contribution in [3.8, 4) is 17.7 Å². The highest BCUT2D eigenvalue weighted by Crippen LogP contribution is 2.26. The number of imide groups is 1. The zero-order chi connectivity index (χ0) is 18.0. The largest absolute Gasteiger partial charge is 0.439 e. The average Bonchev–Trinajstić information content (AvgIpc) is 2.91. The number of nitrogens with one attached hydrogen (secondary N) is 1. The summed E-state index contributed by atoms with van der Waals surface area (Å²) < 4.78 is 5.70. The van der Waals surface area contributed by atoms with Crippen LogP contribution in [0.15, 0.2) is 36.5 Å². The van der Waals surface area contributed by atoms with Gasteiger partial charge in [-0.1, -0.05) is 6.92 Å². The highest BCUT2D eigenvalue weighted by molar-refractivity contribution is 6.21. The number of amides is 3. The second-order valence-corrected chi connectivity index (χ2v) is 5.63. The number of carbonyl (C=O) groups excluding carboxylic acids is 2. The number of benzene rings is 1. The molecule has 3 amide bonds. The van der Waals surface area contributed by atoms with E-state index in [2.05, 4.69) is 16.4 Å². The number of anilines is 1. The second kappa shape index (κ2) is 6.61. The van der Waals surface area contributed by atoms with E-state index in [9.17, 15) is 9.59 Å². The topological polar surface area (TPSA) is 95.3 Å². The molecule has 1 saturated heterocycles. The van der Waals surface area contributed by atoms with Crippen molar-refractivity contribution in [3.63, 3.8) is 0 Å². The third-order valence-electron chi connectivity index (χ3n) is 3.93. The lowest BCUT2D eigenvalue weighted by atomic mass is 10.1. The van der Waals surface area contributed by atoms with Crippen LogP contribution in [0.3, 0.4) is 0 Å². The number of aromatic nitrogens is 1. The molecule has 1 aromatic carbocycles. The van der Waals surface area contributed by atoms with E-state index < -0.39 is 12.1 Å². The number of hydrogen-bond acceptors (Lipinski definition) is 5. The van der Waals surface area contributed by atoms with Crippen LogP contribution in [0, 0.1) is 18.3 Å². The van der Waals surface area contributed by atoms with Gasteiger partial charge in [0, 0.05) is 6.07 Å². The van der Waals surface area contributed by atoms with Crippen molar-refractivity contribution >= 4 is 17.6 Å². The van der Waals surface area contributed by atoms with Gasteiger partial charge in [0.05, 0.1) is 23.5 Å². The monoisotopic (exact) mass is 336 g/mol. The maximum atomic E-state index is 12.2. The number of aryl methyl sites for hydroxylation is 1. The van der Waals surface area contributed by atoms with Gasteiger partial charge in [-0.05, 0) is 43.2 Å². The molecule has 0 spiro atoms. The van der Waals surface area contributed by atoms with Crippen molar-refractivity contribution in [3.05, 3.63) is 47.7 Å². The quantitative estimate of drug-likeness (QED) is 0.866. The molecule has 7 heteroatoms. The molecule has 3 rings (SSSR count). The standard InChI is InChI=1S/C18H16N4O3/c1-3-14-17(23)22(18(24)21-14)13-5-7-16(20-10-13)25-15-6-4-12(9-19)8-11(15)2/h4-8,10,14H,3H2,1-2H3,(H,21,24)/t14-/m1/s1. The summed E-state index contributed by atoms with van der Waals surface area (Å²) in [4.78, 5) is 29.4. The van der Waals surface area contributed by atoms with Crippen LogP contribution < -0.4 is 15.0 Å². The van der Waals surface area contributed by atoms with Crippen molar-refractivity contribution in [2.24, 2.45) is 0 Å². The van der Waals surface area contributed by atoms with E-state index in [1.807, 2.05) is 13.8 Å². The van der Waals surface area contributed by atoms with Crippen LogP contribution in [0.2, 0.25) is 0 Å². The minimum absolute atomic E-state index is 0.286. The van der Waals surface area contributed by atoms with Crippen molar-refractivity contribution in [2.45, 2.75) is 26.3 Å². The molecule has 1 N–H and O–H groups in total. The Morgan fingerprint density at radius 3 is 2.68 bits per heavy atom. The van der Waals surface area contributed by atoms with E-state index in [1.54, 1.807) is 30.3 Å². The van der Waals surface area contributed by atoms with Crippen LogP contribution in [0.25, 0.3) is 0 Å². The molecule has 2 heterocycles. The Labute approximate surface area is 144 Å². The van der Waals surface area contributed by atoms with Gasteiger partial charge in [0.1, 0.15) is 11.8 Å². The molecule has 0 saturated carbocycles. The molecule has 7 nitrogen and oxygen atoms in total. The Balaban J connectivity index is 1.78. The van der Waals surface area contributed by atoms with E-state index in [0.717, 1.165) is 10.5 Å². The molecule has 25 heavy (non-hydrogen) atoms. The van der Waals surface area contributed by atoms with E-state index in [-0.39, 0.29) is 5.91 Å². The summed E-state index contributed by atoms with van der Waals surface area (Å²) in [5.74, 6) is 0.627. The summed E-state index contributed by atoms with van der Waals surface area (Å²) in [6, 6.07) is 9.41. The number of nitrogens with zero attached hydrogens (tertiary/aromatic N) is 3. The highest BCUT2D eigenvalue weighted by Gasteiger charge is 2.37. The first-order valence-corrected chi connectivity index (χ1v) is 7.82. The van der Waals surface area contributed by atoms with E-state index in [1.165, 1.54) is 6.20 Å². The lowest BCUT2D eigenvalue weighted by Crippen LogP contribution is -2.31. The minimum Gasteiger partial charge on any atom is -0.439 e. The molecular weight excluding hydrogens is 320 g/mol. The molecular formula is C18H16N4O3. The predicted molar refractivity (Wildman–Crippen MR) is 90.3 cm³/mol. The fourth-order valence-corrected chi connectivity index (χ4v) is 2.56. The van der Waals surface area contributed by atoms with Crippen LogP contribution in [0.4, 0.5) is 10.5 Å². The van der Waals surface area contributed by atoms with Crippen molar-refractivity contribution in [1.82, 2.24) is 10.3 Å². The molecule has 1 fully saturated rings. The first-order valence-electron chi connectivity index (χ1n) is 7.82. The Hall–Kier alpha value is -3.40. The normalized spacial score (nSPS) is 16.5. The van der Waals surface area contributed by atoms with Crippen LogP contribution in [0.1, 0.15) is 24.5 Å². The number of carbonyl (C=O) groups is 2. The molecule has 0 radical (unpaired) electrons. The maximum absolute atomic E-state index is 12.2. The van der Waals surface area contributed by atoms with Gasteiger partial charge < -0.3 is 10.1 Å². The van der Waals surface area contributed by atoms with E-state index >= 15 is 0 Å². The molecule has 1 aromatic heterocycles. The summed E-state index contributed by atoms with van der Waals surface area (Å²) in [7, 11) is 0. The minimum atomic E-state index is -0.496. The summed E-state index contributed by atoms with van der Waals surface area (Å²) in [6.45, 7) is 3.67.